The summed E-state index contributed by atoms with van der Waals surface area (Å²) in [7, 11) is 0. The van der Waals surface area contributed by atoms with Crippen molar-refractivity contribution >= 4 is 28.5 Å². The van der Waals surface area contributed by atoms with E-state index in [1.165, 1.54) is 0 Å². The van der Waals surface area contributed by atoms with Crippen LogP contribution in [-0.2, 0) is 9.59 Å². The van der Waals surface area contributed by atoms with Crippen molar-refractivity contribution in [3.63, 3.8) is 0 Å². The monoisotopic (exact) mass is 287 g/mol. The van der Waals surface area contributed by atoms with Crippen LogP contribution in [0.1, 0.15) is 18.5 Å². The van der Waals surface area contributed by atoms with E-state index in [-0.39, 0.29) is 12.8 Å². The van der Waals surface area contributed by atoms with Gasteiger partial charge in [-0.2, -0.15) is 0 Å². The summed E-state index contributed by atoms with van der Waals surface area (Å²) < 4.78 is 0. The highest BCUT2D eigenvalue weighted by molar-refractivity contribution is 5.85. The summed E-state index contributed by atoms with van der Waals surface area (Å²) in [5, 5.41) is 13.1. The third-order valence-corrected chi connectivity index (χ3v) is 3.22. The van der Waals surface area contributed by atoms with Crippen molar-refractivity contribution in [2.75, 3.05) is 5.32 Å². The summed E-state index contributed by atoms with van der Waals surface area (Å²) in [4.78, 5) is 26.5. The zero-order chi connectivity index (χ0) is 15.4. The number of anilines is 1. The first-order valence-corrected chi connectivity index (χ1v) is 6.61. The first kappa shape index (κ1) is 14.8. The van der Waals surface area contributed by atoms with Gasteiger partial charge in [0.1, 0.15) is 6.04 Å². The standard InChI is InChI=1S/C15H17N3O3/c1-9-13(8-10-4-2-3-5-11(10)17-9)18-12(15(20)21)6-7-14(16)19/h2-5,8,12,18H,6-7H2,1H3,(H2,16,19)(H,20,21)/t12-/m0/s1. The van der Waals surface area contributed by atoms with Crippen LogP contribution in [0.5, 0.6) is 0 Å². The molecule has 1 aromatic heterocycles. The number of amides is 1. The third-order valence-electron chi connectivity index (χ3n) is 3.22. The molecule has 4 N–H and O–H groups in total. The molecule has 0 fully saturated rings. The molecule has 0 bridgehead atoms. The molecular formula is C15H17N3O3. The van der Waals surface area contributed by atoms with E-state index >= 15 is 0 Å². The van der Waals surface area contributed by atoms with Gasteiger partial charge in [0.2, 0.25) is 5.91 Å². The molecule has 1 amide bonds. The number of carbonyl (C=O) groups excluding carboxylic acids is 1. The second-order valence-electron chi connectivity index (χ2n) is 4.85. The van der Waals surface area contributed by atoms with Gasteiger partial charge in [0.05, 0.1) is 16.9 Å². The molecule has 6 heteroatoms. The lowest BCUT2D eigenvalue weighted by Crippen LogP contribution is -2.31. The van der Waals surface area contributed by atoms with Crippen LogP contribution in [0.4, 0.5) is 5.69 Å². The summed E-state index contributed by atoms with van der Waals surface area (Å²) in [6.45, 7) is 1.81. The summed E-state index contributed by atoms with van der Waals surface area (Å²) in [5.74, 6) is -1.54. The molecule has 0 radical (unpaired) electrons. The smallest absolute Gasteiger partial charge is 0.326 e. The SMILES string of the molecule is Cc1nc2ccccc2cc1N[C@@H](CCC(N)=O)C(=O)O. The summed E-state index contributed by atoms with van der Waals surface area (Å²) in [6, 6.07) is 8.58. The van der Waals surface area contributed by atoms with Gasteiger partial charge in [-0.25, -0.2) is 4.79 Å². The Morgan fingerprint density at radius 2 is 2.10 bits per heavy atom. The Balaban J connectivity index is 2.25. The fourth-order valence-electron chi connectivity index (χ4n) is 2.09. The number of primary amides is 1. The zero-order valence-electron chi connectivity index (χ0n) is 11.7. The average molecular weight is 287 g/mol. The van der Waals surface area contributed by atoms with Crippen LogP contribution in [-0.4, -0.2) is 28.0 Å². The van der Waals surface area contributed by atoms with E-state index in [1.54, 1.807) is 0 Å². The van der Waals surface area contributed by atoms with E-state index in [4.69, 9.17) is 5.73 Å². The Hall–Kier alpha value is -2.63. The highest BCUT2D eigenvalue weighted by Gasteiger charge is 2.19. The zero-order valence-corrected chi connectivity index (χ0v) is 11.7. The molecule has 2 aromatic rings. The van der Waals surface area contributed by atoms with E-state index < -0.39 is 17.9 Å². The second-order valence-corrected chi connectivity index (χ2v) is 4.85. The number of para-hydroxylation sites is 1. The number of aromatic nitrogens is 1. The van der Waals surface area contributed by atoms with Gasteiger partial charge >= 0.3 is 5.97 Å². The first-order chi connectivity index (χ1) is 9.97. The maximum absolute atomic E-state index is 11.3. The Bertz CT molecular complexity index is 685. The highest BCUT2D eigenvalue weighted by Crippen LogP contribution is 2.21. The van der Waals surface area contributed by atoms with Gasteiger partial charge in [0.15, 0.2) is 0 Å². The number of aliphatic carboxylic acids is 1. The van der Waals surface area contributed by atoms with Crippen LogP contribution in [0.3, 0.4) is 0 Å². The minimum Gasteiger partial charge on any atom is -0.480 e. The molecule has 6 nitrogen and oxygen atoms in total. The Morgan fingerprint density at radius 3 is 2.76 bits per heavy atom. The van der Waals surface area contributed by atoms with E-state index in [0.717, 1.165) is 10.9 Å². The highest BCUT2D eigenvalue weighted by atomic mass is 16.4. The van der Waals surface area contributed by atoms with Crippen LogP contribution in [0, 0.1) is 6.92 Å². The molecule has 0 unspecified atom stereocenters. The van der Waals surface area contributed by atoms with Crippen LogP contribution in [0.2, 0.25) is 0 Å². The van der Waals surface area contributed by atoms with Crippen LogP contribution >= 0.6 is 0 Å². The van der Waals surface area contributed by atoms with Gasteiger partial charge in [-0.15, -0.1) is 0 Å². The Kier molecular flexibility index (Phi) is 4.37. The molecule has 0 saturated heterocycles. The lowest BCUT2D eigenvalue weighted by molar-refractivity contribution is -0.138. The van der Waals surface area contributed by atoms with Gasteiger partial charge in [0, 0.05) is 11.8 Å². The van der Waals surface area contributed by atoms with Crippen LogP contribution in [0.15, 0.2) is 30.3 Å². The lowest BCUT2D eigenvalue weighted by atomic mass is 10.1. The molecule has 21 heavy (non-hydrogen) atoms. The number of pyridine rings is 1. The molecule has 1 atom stereocenters. The number of hydrogen-bond acceptors (Lipinski definition) is 4. The van der Waals surface area contributed by atoms with E-state index in [0.29, 0.717) is 11.4 Å². The summed E-state index contributed by atoms with van der Waals surface area (Å²) >= 11 is 0. The van der Waals surface area contributed by atoms with Gasteiger partial charge in [0.25, 0.3) is 0 Å². The molecule has 0 aliphatic rings. The van der Waals surface area contributed by atoms with Crippen LogP contribution < -0.4 is 11.1 Å². The molecule has 1 aromatic carbocycles. The topological polar surface area (TPSA) is 105 Å². The number of carbonyl (C=O) groups is 2. The number of rotatable bonds is 6. The van der Waals surface area contributed by atoms with Crippen molar-refractivity contribution in [3.8, 4) is 0 Å². The van der Waals surface area contributed by atoms with Crippen molar-refractivity contribution in [1.29, 1.82) is 0 Å². The number of aryl methyl sites for hydroxylation is 1. The van der Waals surface area contributed by atoms with E-state index in [2.05, 4.69) is 10.3 Å². The number of nitrogens with zero attached hydrogens (tertiary/aromatic N) is 1. The predicted molar refractivity (Wildman–Crippen MR) is 80.0 cm³/mol. The van der Waals surface area contributed by atoms with Crippen molar-refractivity contribution in [2.24, 2.45) is 5.73 Å². The largest absolute Gasteiger partial charge is 0.480 e. The number of carboxylic acid groups (broad SMARTS) is 1. The summed E-state index contributed by atoms with van der Waals surface area (Å²) in [5.41, 5.74) is 7.27. The quantitative estimate of drug-likeness (QED) is 0.749. The van der Waals surface area contributed by atoms with Crippen LogP contribution in [0.25, 0.3) is 10.9 Å². The summed E-state index contributed by atoms with van der Waals surface area (Å²) in [6.07, 6.45) is 0.154. The first-order valence-electron chi connectivity index (χ1n) is 6.61. The molecule has 1 heterocycles. The third kappa shape index (κ3) is 3.68. The molecule has 2 rings (SSSR count). The number of benzene rings is 1. The fraction of sp³-hybridized carbons (Fsp3) is 0.267. The van der Waals surface area contributed by atoms with Gasteiger partial charge in [-0.3, -0.25) is 9.78 Å². The van der Waals surface area contributed by atoms with Crippen molar-refractivity contribution < 1.29 is 14.7 Å². The van der Waals surface area contributed by atoms with Gasteiger partial charge < -0.3 is 16.2 Å². The van der Waals surface area contributed by atoms with E-state index in [9.17, 15) is 14.7 Å². The van der Waals surface area contributed by atoms with Crippen molar-refractivity contribution in [2.45, 2.75) is 25.8 Å². The van der Waals surface area contributed by atoms with E-state index in [1.807, 2.05) is 37.3 Å². The number of hydrogen-bond donors (Lipinski definition) is 3. The minimum atomic E-state index is -1.02. The minimum absolute atomic E-state index is 0.0179. The maximum atomic E-state index is 11.3. The van der Waals surface area contributed by atoms with Gasteiger partial charge in [-0.1, -0.05) is 18.2 Å². The molecule has 0 aliphatic heterocycles. The maximum Gasteiger partial charge on any atom is 0.326 e. The number of fused-ring (bicyclic) bond motifs is 1. The molecule has 0 spiro atoms. The number of nitrogens with two attached hydrogens (primary N) is 1. The molecular weight excluding hydrogens is 270 g/mol. The molecule has 0 saturated carbocycles. The van der Waals surface area contributed by atoms with Gasteiger partial charge in [-0.05, 0) is 25.5 Å². The Morgan fingerprint density at radius 1 is 1.38 bits per heavy atom. The van der Waals surface area contributed by atoms with Crippen molar-refractivity contribution in [1.82, 2.24) is 4.98 Å². The predicted octanol–water partition coefficient (Wildman–Crippen LogP) is 1.67. The average Bonchev–Trinajstić information content (AvgIpc) is 2.43. The molecule has 0 aliphatic carbocycles. The number of nitrogens with one attached hydrogen (secondary N) is 1. The Labute approximate surface area is 122 Å². The normalized spacial score (nSPS) is 12.0. The second kappa shape index (κ2) is 6.21. The number of carboxylic acids is 1. The fourth-order valence-corrected chi connectivity index (χ4v) is 2.09. The molecule has 110 valence electrons. The van der Waals surface area contributed by atoms with Crippen molar-refractivity contribution in [3.05, 3.63) is 36.0 Å². The lowest BCUT2D eigenvalue weighted by Gasteiger charge is -2.17.